The molecule has 0 aliphatic heterocycles. The minimum Gasteiger partial charge on any atom is -0.456 e. The Hall–Kier alpha value is -2.48. The van der Waals surface area contributed by atoms with Crippen LogP contribution in [0.3, 0.4) is 0 Å². The molecule has 0 spiro atoms. The van der Waals surface area contributed by atoms with Crippen LogP contribution in [0.5, 0.6) is 0 Å². The highest BCUT2D eigenvalue weighted by atomic mass is 16.6. The number of ether oxygens (including phenoxy) is 1. The van der Waals surface area contributed by atoms with E-state index in [0.29, 0.717) is 0 Å². The second-order valence-corrected chi connectivity index (χ2v) is 6.00. The smallest absolute Gasteiger partial charge is 0.338 e. The van der Waals surface area contributed by atoms with Crippen LogP contribution in [0.25, 0.3) is 0 Å². The van der Waals surface area contributed by atoms with Crippen molar-refractivity contribution in [1.29, 1.82) is 0 Å². The number of nitrogens with one attached hydrogen (secondary N) is 1. The fourth-order valence-corrected chi connectivity index (χ4v) is 1.70. The monoisotopic (exact) mass is 324 g/mol. The fraction of sp³-hybridized carbons (Fsp3) is 0.467. The molecule has 2 N–H and O–H groups in total. The molecule has 1 aromatic carbocycles. The zero-order valence-electron chi connectivity index (χ0n) is 13.5. The van der Waals surface area contributed by atoms with Crippen LogP contribution in [0.15, 0.2) is 18.2 Å². The summed E-state index contributed by atoms with van der Waals surface area (Å²) in [7, 11) is 0. The van der Waals surface area contributed by atoms with Gasteiger partial charge in [0.05, 0.1) is 10.5 Å². The zero-order chi connectivity index (χ0) is 17.8. The summed E-state index contributed by atoms with van der Waals surface area (Å²) in [6, 6.07) is 3.78. The number of hydrogen-bond donors (Lipinski definition) is 2. The molecule has 0 saturated heterocycles. The number of nitro groups is 1. The number of nitrogens with zero attached hydrogens (tertiary/aromatic N) is 1. The van der Waals surface area contributed by atoms with Gasteiger partial charge in [0.1, 0.15) is 11.7 Å². The molecular formula is C15H20N2O6. The first-order chi connectivity index (χ1) is 10.5. The molecule has 8 heteroatoms. The largest absolute Gasteiger partial charge is 0.456 e. The summed E-state index contributed by atoms with van der Waals surface area (Å²) in [5.41, 5.74) is -0.637. The van der Waals surface area contributed by atoms with Gasteiger partial charge in [0.2, 0.25) is 5.91 Å². The van der Waals surface area contributed by atoms with E-state index in [2.05, 4.69) is 5.32 Å². The van der Waals surface area contributed by atoms with Crippen LogP contribution in [0.1, 0.15) is 43.6 Å². The van der Waals surface area contributed by atoms with Crippen molar-refractivity contribution >= 4 is 17.6 Å². The molecule has 0 heterocycles. The number of carbonyl (C=O) groups excluding carboxylic acids is 2. The summed E-state index contributed by atoms with van der Waals surface area (Å²) in [4.78, 5) is 33.8. The van der Waals surface area contributed by atoms with Crippen molar-refractivity contribution in [2.75, 3.05) is 0 Å². The topological polar surface area (TPSA) is 119 Å². The van der Waals surface area contributed by atoms with Crippen molar-refractivity contribution in [1.82, 2.24) is 5.32 Å². The predicted molar refractivity (Wildman–Crippen MR) is 81.8 cm³/mol. The minimum absolute atomic E-state index is 0.145. The van der Waals surface area contributed by atoms with Crippen molar-refractivity contribution in [3.63, 3.8) is 0 Å². The molecule has 1 rings (SSSR count). The van der Waals surface area contributed by atoms with Gasteiger partial charge in [0.25, 0.3) is 5.69 Å². The van der Waals surface area contributed by atoms with Gasteiger partial charge in [0.15, 0.2) is 0 Å². The number of benzene rings is 1. The molecule has 0 bridgehead atoms. The molecular weight excluding hydrogens is 304 g/mol. The third kappa shape index (κ3) is 5.67. The van der Waals surface area contributed by atoms with E-state index in [1.807, 2.05) is 0 Å². The number of aliphatic hydroxyl groups excluding tert-OH is 1. The standard InChI is InChI=1S/C15H20N2O6/c1-9(18)13(19)16-8-11-7-10(5-6-12(11)17(21)22)14(20)23-15(2,3)4/h5-7,9,18H,8H2,1-4H3,(H,16,19). The van der Waals surface area contributed by atoms with Crippen molar-refractivity contribution < 1.29 is 24.4 Å². The van der Waals surface area contributed by atoms with E-state index in [9.17, 15) is 19.7 Å². The highest BCUT2D eigenvalue weighted by molar-refractivity contribution is 5.90. The molecule has 1 aromatic rings. The van der Waals surface area contributed by atoms with Gasteiger partial charge >= 0.3 is 5.97 Å². The number of rotatable bonds is 5. The number of nitro benzene ring substituents is 1. The third-order valence-electron chi connectivity index (χ3n) is 2.74. The van der Waals surface area contributed by atoms with Crippen molar-refractivity contribution in [3.05, 3.63) is 39.4 Å². The van der Waals surface area contributed by atoms with Crippen LogP contribution >= 0.6 is 0 Å². The molecule has 0 saturated carbocycles. The lowest BCUT2D eigenvalue weighted by atomic mass is 10.1. The van der Waals surface area contributed by atoms with Crippen molar-refractivity contribution in [2.24, 2.45) is 0 Å². The van der Waals surface area contributed by atoms with Crippen LogP contribution < -0.4 is 5.32 Å². The summed E-state index contributed by atoms with van der Waals surface area (Å²) in [6.07, 6.45) is -1.23. The maximum Gasteiger partial charge on any atom is 0.338 e. The van der Waals surface area contributed by atoms with E-state index in [1.54, 1.807) is 20.8 Å². The van der Waals surface area contributed by atoms with Crippen LogP contribution in [-0.2, 0) is 16.1 Å². The predicted octanol–water partition coefficient (Wildman–Crippen LogP) is 1.55. The number of aliphatic hydroxyl groups is 1. The Bertz CT molecular complexity index is 619. The average molecular weight is 324 g/mol. The van der Waals surface area contributed by atoms with Gasteiger partial charge in [0, 0.05) is 18.2 Å². The lowest BCUT2D eigenvalue weighted by molar-refractivity contribution is -0.385. The van der Waals surface area contributed by atoms with Gasteiger partial charge < -0.3 is 15.2 Å². The van der Waals surface area contributed by atoms with Gasteiger partial charge in [-0.15, -0.1) is 0 Å². The molecule has 1 unspecified atom stereocenters. The van der Waals surface area contributed by atoms with Gasteiger partial charge in [-0.05, 0) is 39.8 Å². The molecule has 126 valence electrons. The molecule has 0 radical (unpaired) electrons. The van der Waals surface area contributed by atoms with E-state index < -0.39 is 28.5 Å². The average Bonchev–Trinajstić information content (AvgIpc) is 2.42. The molecule has 0 aliphatic rings. The SMILES string of the molecule is CC(O)C(=O)NCc1cc(C(=O)OC(C)(C)C)ccc1[N+](=O)[O-]. The highest BCUT2D eigenvalue weighted by Crippen LogP contribution is 2.22. The first-order valence-electron chi connectivity index (χ1n) is 6.97. The lowest BCUT2D eigenvalue weighted by Gasteiger charge is -2.19. The van der Waals surface area contributed by atoms with Crippen LogP contribution in [0.2, 0.25) is 0 Å². The lowest BCUT2D eigenvalue weighted by Crippen LogP contribution is -2.32. The molecule has 23 heavy (non-hydrogen) atoms. The Morgan fingerprint density at radius 3 is 2.48 bits per heavy atom. The van der Waals surface area contributed by atoms with E-state index in [1.165, 1.54) is 25.1 Å². The summed E-state index contributed by atoms with van der Waals surface area (Å²) in [5.74, 6) is -1.28. The van der Waals surface area contributed by atoms with Crippen molar-refractivity contribution in [3.8, 4) is 0 Å². The second kappa shape index (κ2) is 7.19. The number of esters is 1. The minimum atomic E-state index is -1.23. The van der Waals surface area contributed by atoms with Crippen LogP contribution in [0.4, 0.5) is 5.69 Å². The van der Waals surface area contributed by atoms with Gasteiger partial charge in [-0.2, -0.15) is 0 Å². The Balaban J connectivity index is 3.05. The summed E-state index contributed by atoms with van der Waals surface area (Å²) >= 11 is 0. The summed E-state index contributed by atoms with van der Waals surface area (Å²) < 4.78 is 5.21. The molecule has 1 atom stereocenters. The van der Waals surface area contributed by atoms with Crippen LogP contribution in [0, 0.1) is 10.1 Å². The van der Waals surface area contributed by atoms with Crippen LogP contribution in [-0.4, -0.2) is 33.6 Å². The molecule has 0 aromatic heterocycles. The normalized spacial score (nSPS) is 12.4. The van der Waals surface area contributed by atoms with Gasteiger partial charge in [-0.3, -0.25) is 14.9 Å². The Labute approximate surface area is 133 Å². The summed E-state index contributed by atoms with van der Waals surface area (Å²) in [6.45, 7) is 6.22. The Kier molecular flexibility index (Phi) is 5.80. The highest BCUT2D eigenvalue weighted by Gasteiger charge is 2.22. The van der Waals surface area contributed by atoms with Gasteiger partial charge in [-0.1, -0.05) is 0 Å². The maximum absolute atomic E-state index is 12.0. The quantitative estimate of drug-likeness (QED) is 0.482. The number of carbonyl (C=O) groups is 2. The second-order valence-electron chi connectivity index (χ2n) is 6.00. The molecule has 0 aliphatic carbocycles. The Morgan fingerprint density at radius 2 is 2.00 bits per heavy atom. The molecule has 0 fully saturated rings. The first-order valence-corrected chi connectivity index (χ1v) is 6.97. The number of amides is 1. The maximum atomic E-state index is 12.0. The van der Waals surface area contributed by atoms with E-state index in [0.717, 1.165) is 0 Å². The molecule has 1 amide bonds. The van der Waals surface area contributed by atoms with E-state index in [4.69, 9.17) is 9.84 Å². The fourth-order valence-electron chi connectivity index (χ4n) is 1.70. The first kappa shape index (κ1) is 18.6. The van der Waals surface area contributed by atoms with Crippen molar-refractivity contribution in [2.45, 2.75) is 45.9 Å². The van der Waals surface area contributed by atoms with Gasteiger partial charge in [-0.25, -0.2) is 4.79 Å². The molecule has 8 nitrogen and oxygen atoms in total. The summed E-state index contributed by atoms with van der Waals surface area (Å²) in [5, 5.41) is 22.5. The van der Waals surface area contributed by atoms with E-state index >= 15 is 0 Å². The zero-order valence-corrected chi connectivity index (χ0v) is 13.5. The van der Waals surface area contributed by atoms with E-state index in [-0.39, 0.29) is 23.4 Å². The Morgan fingerprint density at radius 1 is 1.39 bits per heavy atom. The number of hydrogen-bond acceptors (Lipinski definition) is 6. The third-order valence-corrected chi connectivity index (χ3v) is 2.74.